The third kappa shape index (κ3) is 5.11. The predicted molar refractivity (Wildman–Crippen MR) is 132 cm³/mol. The number of carbonyl (C=O) groups excluding carboxylic acids is 1. The van der Waals surface area contributed by atoms with Gasteiger partial charge in [-0.25, -0.2) is 4.68 Å². The van der Waals surface area contributed by atoms with Gasteiger partial charge in [0.15, 0.2) is 0 Å². The Morgan fingerprint density at radius 2 is 1.76 bits per heavy atom. The second-order valence-electron chi connectivity index (χ2n) is 9.17. The summed E-state index contributed by atoms with van der Waals surface area (Å²) in [7, 11) is 4.07. The van der Waals surface area contributed by atoms with Gasteiger partial charge in [-0.2, -0.15) is 5.10 Å². The molecule has 4 rings (SSSR count). The largest absolute Gasteiger partial charge is 0.376 e. The Morgan fingerprint density at radius 3 is 2.33 bits per heavy atom. The molecule has 0 saturated carbocycles. The van der Waals surface area contributed by atoms with Gasteiger partial charge in [0.1, 0.15) is 5.82 Å². The highest BCUT2D eigenvalue weighted by atomic mass is 16.5. The van der Waals surface area contributed by atoms with Crippen LogP contribution in [0.4, 0.5) is 5.82 Å². The lowest BCUT2D eigenvalue weighted by Crippen LogP contribution is -2.37. The Bertz CT molecular complexity index is 1050. The van der Waals surface area contributed by atoms with Gasteiger partial charge in [-0.15, -0.1) is 0 Å². The van der Waals surface area contributed by atoms with Crippen molar-refractivity contribution in [2.24, 2.45) is 0 Å². The molecule has 1 aromatic heterocycles. The molecule has 0 radical (unpaired) electrons. The van der Waals surface area contributed by atoms with E-state index in [0.717, 1.165) is 42.2 Å². The maximum absolute atomic E-state index is 13.6. The number of hydrogen-bond donors (Lipinski definition) is 0. The molecule has 1 aliphatic heterocycles. The van der Waals surface area contributed by atoms with Crippen molar-refractivity contribution < 1.29 is 9.53 Å². The summed E-state index contributed by atoms with van der Waals surface area (Å²) >= 11 is 0. The smallest absolute Gasteiger partial charge is 0.254 e. The summed E-state index contributed by atoms with van der Waals surface area (Å²) in [6, 6.07) is 19.7. The summed E-state index contributed by atoms with van der Waals surface area (Å²) in [4.78, 5) is 17.6. The Balaban J connectivity index is 1.77. The van der Waals surface area contributed by atoms with E-state index < -0.39 is 0 Å². The zero-order chi connectivity index (χ0) is 23.4. The van der Waals surface area contributed by atoms with Gasteiger partial charge in [0.25, 0.3) is 5.91 Å². The summed E-state index contributed by atoms with van der Waals surface area (Å²) < 4.78 is 7.91. The van der Waals surface area contributed by atoms with Gasteiger partial charge >= 0.3 is 0 Å². The Kier molecular flexibility index (Phi) is 7.14. The number of para-hydroxylation sites is 1. The minimum Gasteiger partial charge on any atom is -0.376 e. The molecule has 1 atom stereocenters. The van der Waals surface area contributed by atoms with Gasteiger partial charge in [0.05, 0.1) is 24.0 Å². The minimum absolute atomic E-state index is 0.0259. The molecule has 1 amide bonds. The first kappa shape index (κ1) is 23.1. The van der Waals surface area contributed by atoms with Crippen LogP contribution >= 0.6 is 0 Å². The molecule has 0 N–H and O–H groups in total. The van der Waals surface area contributed by atoms with Crippen molar-refractivity contribution in [2.75, 3.05) is 32.1 Å². The summed E-state index contributed by atoms with van der Waals surface area (Å²) in [5, 5.41) is 5.02. The topological polar surface area (TPSA) is 50.6 Å². The van der Waals surface area contributed by atoms with E-state index in [0.29, 0.717) is 18.7 Å². The summed E-state index contributed by atoms with van der Waals surface area (Å²) in [6.07, 6.45) is 2.11. The van der Waals surface area contributed by atoms with E-state index >= 15 is 0 Å². The average Bonchev–Trinajstić information content (AvgIpc) is 3.47. The predicted octanol–water partition coefficient (Wildman–Crippen LogP) is 4.88. The molecule has 2 heterocycles. The lowest BCUT2D eigenvalue weighted by Gasteiger charge is -2.27. The summed E-state index contributed by atoms with van der Waals surface area (Å²) in [5.74, 6) is 1.25. The molecule has 33 heavy (non-hydrogen) atoms. The van der Waals surface area contributed by atoms with E-state index in [1.54, 1.807) is 0 Å². The fourth-order valence-corrected chi connectivity index (χ4v) is 4.49. The fourth-order valence-electron chi connectivity index (χ4n) is 4.49. The first-order valence-corrected chi connectivity index (χ1v) is 11.8. The molecule has 0 aliphatic carbocycles. The Labute approximate surface area is 196 Å². The molecule has 6 nitrogen and oxygen atoms in total. The van der Waals surface area contributed by atoms with Crippen molar-refractivity contribution in [3.63, 3.8) is 0 Å². The highest BCUT2D eigenvalue weighted by Crippen LogP contribution is 2.32. The second kappa shape index (κ2) is 10.2. The van der Waals surface area contributed by atoms with Gasteiger partial charge in [0, 0.05) is 38.4 Å². The van der Waals surface area contributed by atoms with Crippen LogP contribution in [-0.2, 0) is 11.3 Å². The molecule has 1 fully saturated rings. The molecule has 6 heteroatoms. The number of rotatable bonds is 8. The van der Waals surface area contributed by atoms with E-state index in [9.17, 15) is 4.79 Å². The number of aromatic nitrogens is 2. The third-order valence-electron chi connectivity index (χ3n) is 6.06. The van der Waals surface area contributed by atoms with Crippen LogP contribution in [0.3, 0.4) is 0 Å². The molecule has 174 valence electrons. The maximum atomic E-state index is 13.6. The number of carbonyl (C=O) groups is 1. The number of hydrogen-bond acceptors (Lipinski definition) is 4. The van der Waals surface area contributed by atoms with E-state index in [1.807, 2.05) is 72.2 Å². The molecule has 0 unspecified atom stereocenters. The molecule has 0 bridgehead atoms. The van der Waals surface area contributed by atoms with Crippen molar-refractivity contribution in [1.29, 1.82) is 0 Å². The van der Waals surface area contributed by atoms with E-state index in [2.05, 4.69) is 30.9 Å². The Morgan fingerprint density at radius 1 is 1.09 bits per heavy atom. The van der Waals surface area contributed by atoms with Crippen LogP contribution < -0.4 is 4.90 Å². The van der Waals surface area contributed by atoms with Gasteiger partial charge in [0.2, 0.25) is 0 Å². The van der Waals surface area contributed by atoms with Crippen molar-refractivity contribution in [3.05, 3.63) is 77.5 Å². The van der Waals surface area contributed by atoms with Crippen molar-refractivity contribution in [2.45, 2.75) is 45.3 Å². The number of benzene rings is 2. The lowest BCUT2D eigenvalue weighted by atomic mass is 10.0. The average molecular weight is 447 g/mol. The normalized spacial score (nSPS) is 15.7. The van der Waals surface area contributed by atoms with Crippen molar-refractivity contribution in [3.8, 4) is 5.69 Å². The molecular formula is C27H34N4O2. The molecule has 1 saturated heterocycles. The quantitative estimate of drug-likeness (QED) is 0.495. The van der Waals surface area contributed by atoms with E-state index in [4.69, 9.17) is 9.84 Å². The molecule has 1 aliphatic rings. The van der Waals surface area contributed by atoms with Gasteiger partial charge < -0.3 is 14.5 Å². The van der Waals surface area contributed by atoms with Crippen LogP contribution in [-0.4, -0.2) is 53.9 Å². The molecular weight excluding hydrogens is 412 g/mol. The third-order valence-corrected chi connectivity index (χ3v) is 6.06. The molecule has 2 aromatic carbocycles. The SMILES string of the molecule is CC(C)c1nn(-c2ccccc2)c(N(C)C)c1CN(C[C@@H]1CCCO1)C(=O)c1ccccc1. The molecule has 0 spiro atoms. The van der Waals surface area contributed by atoms with E-state index in [1.165, 1.54) is 0 Å². The number of amides is 1. The summed E-state index contributed by atoms with van der Waals surface area (Å²) in [6.45, 7) is 6.15. The van der Waals surface area contributed by atoms with E-state index in [-0.39, 0.29) is 17.9 Å². The highest BCUT2D eigenvalue weighted by molar-refractivity contribution is 5.94. The highest BCUT2D eigenvalue weighted by Gasteiger charge is 2.29. The van der Waals surface area contributed by atoms with Crippen molar-refractivity contribution >= 4 is 11.7 Å². The van der Waals surface area contributed by atoms with Crippen LogP contribution in [0.2, 0.25) is 0 Å². The first-order valence-electron chi connectivity index (χ1n) is 11.8. The summed E-state index contributed by atoms with van der Waals surface area (Å²) in [5.41, 5.74) is 3.81. The number of ether oxygens (including phenoxy) is 1. The van der Waals surface area contributed by atoms with Gasteiger partial charge in [-0.05, 0) is 43.0 Å². The first-order chi connectivity index (χ1) is 16.0. The maximum Gasteiger partial charge on any atom is 0.254 e. The second-order valence-corrected chi connectivity index (χ2v) is 9.17. The minimum atomic E-state index is 0.0259. The van der Waals surface area contributed by atoms with Gasteiger partial charge in [-0.1, -0.05) is 50.2 Å². The Hall–Kier alpha value is -3.12. The fraction of sp³-hybridized carbons (Fsp3) is 0.407. The van der Waals surface area contributed by atoms with Crippen LogP contribution in [0.25, 0.3) is 5.69 Å². The van der Waals surface area contributed by atoms with Crippen LogP contribution in [0.15, 0.2) is 60.7 Å². The zero-order valence-corrected chi connectivity index (χ0v) is 20.1. The number of anilines is 1. The molecule has 3 aromatic rings. The van der Waals surface area contributed by atoms with Crippen molar-refractivity contribution in [1.82, 2.24) is 14.7 Å². The van der Waals surface area contributed by atoms with Gasteiger partial charge in [-0.3, -0.25) is 4.79 Å². The monoisotopic (exact) mass is 446 g/mol. The standard InChI is InChI=1S/C27H34N4O2/c1-20(2)25-24(26(29(3)4)31(28-25)22-14-9-6-10-15-22)19-30(18-23-16-11-17-33-23)27(32)21-12-7-5-8-13-21/h5-10,12-15,20,23H,11,16-19H2,1-4H3/t23-/m0/s1. The lowest BCUT2D eigenvalue weighted by molar-refractivity contribution is 0.0507. The zero-order valence-electron chi connectivity index (χ0n) is 20.1. The number of nitrogens with zero attached hydrogens (tertiary/aromatic N) is 4. The van der Waals surface area contributed by atoms with Crippen LogP contribution in [0.1, 0.15) is 54.2 Å². The van der Waals surface area contributed by atoms with Crippen LogP contribution in [0, 0.1) is 0 Å². The van der Waals surface area contributed by atoms with Crippen LogP contribution in [0.5, 0.6) is 0 Å².